The van der Waals surface area contributed by atoms with Crippen LogP contribution in [0.4, 0.5) is 0 Å². The Kier molecular flexibility index (Phi) is 3.45. The van der Waals surface area contributed by atoms with Crippen molar-refractivity contribution >= 4 is 5.91 Å². The van der Waals surface area contributed by atoms with Gasteiger partial charge < -0.3 is 5.32 Å². The summed E-state index contributed by atoms with van der Waals surface area (Å²) in [7, 11) is 0. The molecule has 1 amide bonds. The van der Waals surface area contributed by atoms with Crippen molar-refractivity contribution in [1.29, 1.82) is 0 Å². The molecule has 86 valence electrons. The lowest BCUT2D eigenvalue weighted by atomic mass is 10.1. The van der Waals surface area contributed by atoms with Crippen LogP contribution in [0.25, 0.3) is 0 Å². The summed E-state index contributed by atoms with van der Waals surface area (Å²) in [6, 6.07) is 7.50. The highest BCUT2D eigenvalue weighted by atomic mass is 16.1. The molecular formula is C13H13N3O. The second-order valence-electron chi connectivity index (χ2n) is 3.74. The number of carbonyl (C=O) groups excluding carboxylic acids is 1. The summed E-state index contributed by atoms with van der Waals surface area (Å²) in [4.78, 5) is 19.7. The van der Waals surface area contributed by atoms with Gasteiger partial charge in [0.1, 0.15) is 6.33 Å². The number of amides is 1. The van der Waals surface area contributed by atoms with Crippen LogP contribution in [0.3, 0.4) is 0 Å². The minimum Gasteiger partial charge on any atom is -0.348 e. The van der Waals surface area contributed by atoms with Gasteiger partial charge in [-0.1, -0.05) is 18.2 Å². The van der Waals surface area contributed by atoms with Crippen LogP contribution < -0.4 is 5.32 Å². The van der Waals surface area contributed by atoms with Crippen molar-refractivity contribution in [2.75, 3.05) is 0 Å². The van der Waals surface area contributed by atoms with Crippen molar-refractivity contribution in [3.63, 3.8) is 0 Å². The molecule has 0 fully saturated rings. The molecule has 1 heterocycles. The standard InChI is InChI=1S/C13H13N3O/c1-10-4-2-3-5-12(10)13(17)16-8-11-6-14-9-15-7-11/h2-7,9H,8H2,1H3,(H,16,17). The largest absolute Gasteiger partial charge is 0.348 e. The lowest BCUT2D eigenvalue weighted by Crippen LogP contribution is -2.23. The van der Waals surface area contributed by atoms with Crippen molar-refractivity contribution in [3.05, 3.63) is 59.7 Å². The van der Waals surface area contributed by atoms with E-state index < -0.39 is 0 Å². The zero-order valence-corrected chi connectivity index (χ0v) is 9.55. The van der Waals surface area contributed by atoms with Gasteiger partial charge in [-0.25, -0.2) is 9.97 Å². The number of carbonyl (C=O) groups is 1. The van der Waals surface area contributed by atoms with E-state index in [-0.39, 0.29) is 5.91 Å². The van der Waals surface area contributed by atoms with E-state index in [1.54, 1.807) is 12.4 Å². The monoisotopic (exact) mass is 227 g/mol. The Morgan fingerprint density at radius 3 is 2.65 bits per heavy atom. The molecule has 0 aliphatic rings. The smallest absolute Gasteiger partial charge is 0.251 e. The first-order valence-corrected chi connectivity index (χ1v) is 5.35. The average Bonchev–Trinajstić information content (AvgIpc) is 2.38. The first-order chi connectivity index (χ1) is 8.27. The van der Waals surface area contributed by atoms with Gasteiger partial charge in [-0.05, 0) is 18.6 Å². The Balaban J connectivity index is 2.01. The van der Waals surface area contributed by atoms with Gasteiger partial charge in [0.25, 0.3) is 5.91 Å². The van der Waals surface area contributed by atoms with Crippen LogP contribution in [-0.2, 0) is 6.54 Å². The van der Waals surface area contributed by atoms with Crippen molar-refractivity contribution < 1.29 is 4.79 Å². The maximum atomic E-state index is 11.9. The molecule has 0 radical (unpaired) electrons. The van der Waals surface area contributed by atoms with Crippen LogP contribution in [0.1, 0.15) is 21.5 Å². The van der Waals surface area contributed by atoms with E-state index in [9.17, 15) is 4.79 Å². The summed E-state index contributed by atoms with van der Waals surface area (Å²) in [5.74, 6) is -0.0769. The molecule has 2 rings (SSSR count). The highest BCUT2D eigenvalue weighted by molar-refractivity contribution is 5.95. The molecule has 0 spiro atoms. The molecule has 17 heavy (non-hydrogen) atoms. The predicted octanol–water partition coefficient (Wildman–Crippen LogP) is 1.72. The summed E-state index contributed by atoms with van der Waals surface area (Å²) in [6.07, 6.45) is 4.84. The molecule has 0 unspecified atom stereocenters. The van der Waals surface area contributed by atoms with E-state index in [0.717, 1.165) is 11.1 Å². The fourth-order valence-corrected chi connectivity index (χ4v) is 1.53. The van der Waals surface area contributed by atoms with Crippen LogP contribution in [0, 0.1) is 6.92 Å². The first-order valence-electron chi connectivity index (χ1n) is 5.35. The topological polar surface area (TPSA) is 54.9 Å². The SMILES string of the molecule is Cc1ccccc1C(=O)NCc1cncnc1. The molecule has 1 aromatic heterocycles. The summed E-state index contributed by atoms with van der Waals surface area (Å²) in [5.41, 5.74) is 2.55. The molecule has 0 aliphatic heterocycles. The number of aromatic nitrogens is 2. The lowest BCUT2D eigenvalue weighted by Gasteiger charge is -2.06. The molecule has 0 bridgehead atoms. The van der Waals surface area contributed by atoms with E-state index in [4.69, 9.17) is 0 Å². The van der Waals surface area contributed by atoms with E-state index in [2.05, 4.69) is 15.3 Å². The number of hydrogen-bond acceptors (Lipinski definition) is 3. The average molecular weight is 227 g/mol. The molecule has 1 N–H and O–H groups in total. The number of nitrogens with zero attached hydrogens (tertiary/aromatic N) is 2. The van der Waals surface area contributed by atoms with E-state index in [1.165, 1.54) is 6.33 Å². The van der Waals surface area contributed by atoms with Crippen LogP contribution in [-0.4, -0.2) is 15.9 Å². The quantitative estimate of drug-likeness (QED) is 0.868. The zero-order chi connectivity index (χ0) is 12.1. The highest BCUT2D eigenvalue weighted by Crippen LogP contribution is 2.06. The first kappa shape index (κ1) is 11.3. The van der Waals surface area contributed by atoms with Gasteiger partial charge in [-0.2, -0.15) is 0 Å². The Hall–Kier alpha value is -2.23. The minimum atomic E-state index is -0.0769. The highest BCUT2D eigenvalue weighted by Gasteiger charge is 2.07. The van der Waals surface area contributed by atoms with Gasteiger partial charge in [0.05, 0.1) is 0 Å². The third kappa shape index (κ3) is 2.87. The number of nitrogens with one attached hydrogen (secondary N) is 1. The molecule has 2 aromatic rings. The van der Waals surface area contributed by atoms with Gasteiger partial charge in [0.15, 0.2) is 0 Å². The Morgan fingerprint density at radius 2 is 1.94 bits per heavy atom. The molecule has 0 saturated heterocycles. The van der Waals surface area contributed by atoms with Crippen molar-refractivity contribution in [2.45, 2.75) is 13.5 Å². The van der Waals surface area contributed by atoms with Gasteiger partial charge >= 0.3 is 0 Å². The van der Waals surface area contributed by atoms with Crippen LogP contribution in [0.5, 0.6) is 0 Å². The summed E-state index contributed by atoms with van der Waals surface area (Å²) < 4.78 is 0. The number of hydrogen-bond donors (Lipinski definition) is 1. The van der Waals surface area contributed by atoms with Gasteiger partial charge in [0.2, 0.25) is 0 Å². The van der Waals surface area contributed by atoms with E-state index in [1.807, 2.05) is 31.2 Å². The van der Waals surface area contributed by atoms with E-state index >= 15 is 0 Å². The van der Waals surface area contributed by atoms with E-state index in [0.29, 0.717) is 12.1 Å². The predicted molar refractivity (Wildman–Crippen MR) is 64.4 cm³/mol. The summed E-state index contributed by atoms with van der Waals surface area (Å²) in [6.45, 7) is 2.36. The minimum absolute atomic E-state index is 0.0769. The molecular weight excluding hydrogens is 214 g/mol. The molecule has 4 nitrogen and oxygen atoms in total. The third-order valence-electron chi connectivity index (χ3n) is 2.46. The summed E-state index contributed by atoms with van der Waals surface area (Å²) >= 11 is 0. The maximum absolute atomic E-state index is 11.9. The number of rotatable bonds is 3. The van der Waals surface area contributed by atoms with Crippen LogP contribution >= 0.6 is 0 Å². The molecule has 0 aliphatic carbocycles. The molecule has 1 aromatic carbocycles. The fourth-order valence-electron chi connectivity index (χ4n) is 1.53. The molecule has 0 saturated carbocycles. The van der Waals surface area contributed by atoms with Crippen LogP contribution in [0.15, 0.2) is 43.0 Å². The van der Waals surface area contributed by atoms with Gasteiger partial charge in [-0.15, -0.1) is 0 Å². The Morgan fingerprint density at radius 1 is 1.24 bits per heavy atom. The zero-order valence-electron chi connectivity index (χ0n) is 9.55. The van der Waals surface area contributed by atoms with Crippen LogP contribution in [0.2, 0.25) is 0 Å². The van der Waals surface area contributed by atoms with Crippen molar-refractivity contribution in [1.82, 2.24) is 15.3 Å². The molecule has 4 heteroatoms. The third-order valence-corrected chi connectivity index (χ3v) is 2.46. The number of aryl methyl sites for hydroxylation is 1. The normalized spacial score (nSPS) is 9.94. The van der Waals surface area contributed by atoms with Gasteiger partial charge in [0, 0.05) is 30.1 Å². The fraction of sp³-hybridized carbons (Fsp3) is 0.154. The van der Waals surface area contributed by atoms with Crippen molar-refractivity contribution in [2.24, 2.45) is 0 Å². The maximum Gasteiger partial charge on any atom is 0.251 e. The van der Waals surface area contributed by atoms with Crippen molar-refractivity contribution in [3.8, 4) is 0 Å². The number of benzene rings is 1. The second kappa shape index (κ2) is 5.21. The Labute approximate surface area is 99.7 Å². The lowest BCUT2D eigenvalue weighted by molar-refractivity contribution is 0.0950. The second-order valence-corrected chi connectivity index (χ2v) is 3.74. The Bertz CT molecular complexity index is 511. The summed E-state index contributed by atoms with van der Waals surface area (Å²) in [5, 5.41) is 2.84. The van der Waals surface area contributed by atoms with Gasteiger partial charge in [-0.3, -0.25) is 4.79 Å². The molecule has 0 atom stereocenters.